The van der Waals surface area contributed by atoms with Crippen molar-refractivity contribution in [2.24, 2.45) is 11.3 Å². The lowest BCUT2D eigenvalue weighted by Crippen LogP contribution is -2.37. The molecule has 0 bridgehead atoms. The number of hydrogen-bond donors (Lipinski definition) is 2. The van der Waals surface area contributed by atoms with Crippen LogP contribution in [0.3, 0.4) is 0 Å². The Balaban J connectivity index is 0.00000136. The van der Waals surface area contributed by atoms with E-state index in [-0.39, 0.29) is 42.7 Å². The number of aromatic nitrogens is 3. The van der Waals surface area contributed by atoms with E-state index >= 15 is 0 Å². The third-order valence-corrected chi connectivity index (χ3v) is 6.47. The van der Waals surface area contributed by atoms with Crippen molar-refractivity contribution in [1.82, 2.24) is 24.8 Å². The van der Waals surface area contributed by atoms with Gasteiger partial charge in [-0.2, -0.15) is 0 Å². The van der Waals surface area contributed by atoms with Crippen LogP contribution in [-0.4, -0.2) is 63.2 Å². The van der Waals surface area contributed by atoms with Gasteiger partial charge in [0, 0.05) is 44.3 Å². The van der Waals surface area contributed by atoms with Crippen LogP contribution in [0.1, 0.15) is 15.9 Å². The molecule has 166 valence electrons. The number of aryl methyl sites for hydroxylation is 2. The van der Waals surface area contributed by atoms with Gasteiger partial charge in [-0.3, -0.25) is 4.79 Å². The lowest BCUT2D eigenvalue weighted by Gasteiger charge is -2.25. The van der Waals surface area contributed by atoms with E-state index in [4.69, 9.17) is 0 Å². The van der Waals surface area contributed by atoms with Crippen molar-refractivity contribution in [3.63, 3.8) is 0 Å². The third kappa shape index (κ3) is 4.28. The molecule has 1 aromatic carbocycles. The lowest BCUT2D eigenvalue weighted by molar-refractivity contribution is 0.0745. The smallest absolute Gasteiger partial charge is 0.255 e. The van der Waals surface area contributed by atoms with E-state index in [0.29, 0.717) is 24.6 Å². The molecule has 4 heterocycles. The Hall–Kier alpha value is -2.19. The van der Waals surface area contributed by atoms with Gasteiger partial charge in [0.2, 0.25) is 0 Å². The second-order valence-corrected chi connectivity index (χ2v) is 8.27. The zero-order chi connectivity index (χ0) is 19.8. The molecular formula is C22H27Cl2N5O2. The number of carbonyl (C=O) groups excluding carboxylic acids is 1. The quantitative estimate of drug-likeness (QED) is 0.605. The fourth-order valence-corrected chi connectivity index (χ4v) is 4.71. The Labute approximate surface area is 193 Å². The molecule has 0 saturated carbocycles. The Morgan fingerprint density at radius 3 is 2.77 bits per heavy atom. The number of aliphatic hydroxyl groups excluding tert-OH is 1. The predicted molar refractivity (Wildman–Crippen MR) is 124 cm³/mol. The molecule has 3 aromatic rings. The van der Waals surface area contributed by atoms with E-state index in [1.807, 2.05) is 33.7 Å². The lowest BCUT2D eigenvalue weighted by atomic mass is 9.82. The monoisotopic (exact) mass is 463 g/mol. The van der Waals surface area contributed by atoms with Crippen LogP contribution < -0.4 is 5.32 Å². The molecule has 0 spiro atoms. The van der Waals surface area contributed by atoms with Gasteiger partial charge in [-0.05, 0) is 24.0 Å². The molecule has 9 heteroatoms. The van der Waals surface area contributed by atoms with Crippen LogP contribution in [-0.2, 0) is 13.0 Å². The number of amides is 1. The summed E-state index contributed by atoms with van der Waals surface area (Å²) in [6, 6.07) is 12.2. The summed E-state index contributed by atoms with van der Waals surface area (Å²) in [6.45, 7) is 3.78. The number of nitrogens with zero attached hydrogens (tertiary/aromatic N) is 4. The van der Waals surface area contributed by atoms with Crippen LogP contribution in [0, 0.1) is 11.3 Å². The summed E-state index contributed by atoms with van der Waals surface area (Å²) in [5.41, 5.74) is 3.17. The largest absolute Gasteiger partial charge is 0.396 e. The second-order valence-electron chi connectivity index (χ2n) is 8.27. The van der Waals surface area contributed by atoms with Crippen molar-refractivity contribution in [2.45, 2.75) is 13.0 Å². The van der Waals surface area contributed by atoms with Gasteiger partial charge in [0.15, 0.2) is 5.65 Å². The van der Waals surface area contributed by atoms with Gasteiger partial charge in [-0.15, -0.1) is 24.8 Å². The van der Waals surface area contributed by atoms with Gasteiger partial charge in [0.25, 0.3) is 5.91 Å². The zero-order valence-electron chi connectivity index (χ0n) is 17.1. The number of nitrogens with one attached hydrogen (secondary N) is 1. The molecule has 2 atom stereocenters. The highest BCUT2D eigenvalue weighted by Gasteiger charge is 2.50. The number of rotatable bonds is 5. The summed E-state index contributed by atoms with van der Waals surface area (Å²) in [5.74, 6) is 0.283. The van der Waals surface area contributed by atoms with Crippen LogP contribution in [0.15, 0.2) is 48.9 Å². The Morgan fingerprint density at radius 2 is 2.03 bits per heavy atom. The number of hydrogen-bond acceptors (Lipinski definition) is 5. The first-order valence-corrected chi connectivity index (χ1v) is 10.1. The number of aliphatic hydroxyl groups is 1. The zero-order valence-corrected chi connectivity index (χ0v) is 18.7. The number of carbonyl (C=O) groups is 1. The average Bonchev–Trinajstić information content (AvgIpc) is 3.44. The molecule has 5 rings (SSSR count). The normalized spacial score (nSPS) is 22.1. The van der Waals surface area contributed by atoms with Crippen molar-refractivity contribution in [3.05, 3.63) is 60.0 Å². The van der Waals surface area contributed by atoms with Crippen molar-refractivity contribution < 1.29 is 9.90 Å². The summed E-state index contributed by atoms with van der Waals surface area (Å²) < 4.78 is 2.03. The Morgan fingerprint density at radius 1 is 1.23 bits per heavy atom. The van der Waals surface area contributed by atoms with Crippen LogP contribution in [0.2, 0.25) is 0 Å². The maximum atomic E-state index is 13.0. The molecule has 2 aromatic heterocycles. The third-order valence-electron chi connectivity index (χ3n) is 6.47. The fourth-order valence-electron chi connectivity index (χ4n) is 4.71. The van der Waals surface area contributed by atoms with Crippen molar-refractivity contribution in [3.8, 4) is 0 Å². The molecule has 7 nitrogen and oxygen atoms in total. The van der Waals surface area contributed by atoms with Gasteiger partial charge in [0.05, 0.1) is 18.5 Å². The molecule has 1 amide bonds. The van der Waals surface area contributed by atoms with E-state index in [1.165, 1.54) is 5.56 Å². The molecule has 2 N–H and O–H groups in total. The number of benzene rings is 1. The molecule has 2 aliphatic heterocycles. The highest BCUT2D eigenvalue weighted by molar-refractivity contribution is 5.96. The molecule has 2 fully saturated rings. The number of imidazole rings is 1. The van der Waals surface area contributed by atoms with Crippen molar-refractivity contribution in [2.75, 3.05) is 32.8 Å². The summed E-state index contributed by atoms with van der Waals surface area (Å²) in [6.07, 6.45) is 4.35. The Kier molecular flexibility index (Phi) is 7.21. The Bertz CT molecular complexity index is 1040. The molecule has 0 radical (unpaired) electrons. The standard InChI is InChI=1S/C22H25N5O2.2ClH/c28-14-22-12-23-10-18(22)11-27(13-22)21(29)17-8-19-20(24-9-17)26(15-25-19)7-6-16-4-2-1-3-5-16;;/h1-5,8-9,15,18,23,28H,6-7,10-14H2;2*1H/t18-,22+;;/m0../s1. The van der Waals surface area contributed by atoms with Crippen LogP contribution in [0.4, 0.5) is 0 Å². The molecule has 0 aliphatic carbocycles. The van der Waals surface area contributed by atoms with Crippen molar-refractivity contribution >= 4 is 41.9 Å². The minimum Gasteiger partial charge on any atom is -0.396 e. The average molecular weight is 464 g/mol. The first kappa shape index (κ1) is 23.5. The number of fused-ring (bicyclic) bond motifs is 2. The van der Waals surface area contributed by atoms with Gasteiger partial charge in [-0.1, -0.05) is 30.3 Å². The summed E-state index contributed by atoms with van der Waals surface area (Å²) in [7, 11) is 0. The van der Waals surface area contributed by atoms with Crippen molar-refractivity contribution in [1.29, 1.82) is 0 Å². The van der Waals surface area contributed by atoms with Crippen LogP contribution >= 0.6 is 24.8 Å². The van der Waals surface area contributed by atoms with Gasteiger partial charge in [0.1, 0.15) is 5.52 Å². The molecule has 2 aliphatic rings. The fraction of sp³-hybridized carbons (Fsp3) is 0.409. The summed E-state index contributed by atoms with van der Waals surface area (Å²) in [5, 5.41) is 13.2. The predicted octanol–water partition coefficient (Wildman–Crippen LogP) is 2.17. The second kappa shape index (κ2) is 9.53. The topological polar surface area (TPSA) is 83.3 Å². The first-order chi connectivity index (χ1) is 14.2. The summed E-state index contributed by atoms with van der Waals surface area (Å²) >= 11 is 0. The van der Waals surface area contributed by atoms with Gasteiger partial charge < -0.3 is 19.9 Å². The molecule has 0 unspecified atom stereocenters. The van der Waals surface area contributed by atoms with Gasteiger partial charge >= 0.3 is 0 Å². The molecule has 31 heavy (non-hydrogen) atoms. The van der Waals surface area contributed by atoms with Crippen LogP contribution in [0.5, 0.6) is 0 Å². The van der Waals surface area contributed by atoms with E-state index in [2.05, 4.69) is 27.4 Å². The van der Waals surface area contributed by atoms with E-state index in [9.17, 15) is 9.90 Å². The SMILES string of the molecule is Cl.Cl.O=C(c1cnc2c(c1)ncn2CCc1ccccc1)N1C[C@@H]2CNC[C@]2(CO)C1. The van der Waals surface area contributed by atoms with Gasteiger partial charge in [-0.25, -0.2) is 9.97 Å². The highest BCUT2D eigenvalue weighted by atomic mass is 35.5. The number of likely N-dealkylation sites (tertiary alicyclic amines) is 1. The maximum absolute atomic E-state index is 13.0. The summed E-state index contributed by atoms with van der Waals surface area (Å²) in [4.78, 5) is 23.9. The highest BCUT2D eigenvalue weighted by Crippen LogP contribution is 2.39. The molecular weight excluding hydrogens is 437 g/mol. The van der Waals surface area contributed by atoms with E-state index in [0.717, 1.165) is 37.2 Å². The van der Waals surface area contributed by atoms with Crippen LogP contribution in [0.25, 0.3) is 11.2 Å². The molecule has 2 saturated heterocycles. The maximum Gasteiger partial charge on any atom is 0.255 e. The first-order valence-electron chi connectivity index (χ1n) is 10.1. The minimum absolute atomic E-state index is 0. The number of halogens is 2. The van der Waals surface area contributed by atoms with E-state index in [1.54, 1.807) is 12.5 Å². The minimum atomic E-state index is -0.202. The van der Waals surface area contributed by atoms with E-state index < -0.39 is 0 Å². The number of pyridine rings is 1.